The Bertz CT molecular complexity index is 546. The molecule has 2 rings (SSSR count). The lowest BCUT2D eigenvalue weighted by Crippen LogP contribution is -2.05. The van der Waals surface area contributed by atoms with Gasteiger partial charge in [0, 0.05) is 18.3 Å². The summed E-state index contributed by atoms with van der Waals surface area (Å²) in [5.41, 5.74) is 0.239. The third-order valence-electron chi connectivity index (χ3n) is 2.44. The molecule has 0 spiro atoms. The third-order valence-corrected chi connectivity index (χ3v) is 2.44. The molecule has 0 saturated carbocycles. The summed E-state index contributed by atoms with van der Waals surface area (Å²) in [6.07, 6.45) is 1.59. The van der Waals surface area contributed by atoms with Crippen LogP contribution in [-0.4, -0.2) is 12.1 Å². The number of nitrogens with zero attached hydrogens (tertiary/aromatic N) is 1. The maximum absolute atomic E-state index is 13.4. The molecule has 5 heteroatoms. The summed E-state index contributed by atoms with van der Waals surface area (Å²) in [6.45, 7) is 0.136. The number of hydrogen-bond acceptors (Lipinski definition) is 3. The minimum absolute atomic E-state index is 0.136. The van der Waals surface area contributed by atoms with Crippen LogP contribution in [0.4, 0.5) is 14.6 Å². The van der Waals surface area contributed by atoms with E-state index < -0.39 is 11.6 Å². The van der Waals surface area contributed by atoms with Gasteiger partial charge in [0.15, 0.2) is 11.6 Å². The van der Waals surface area contributed by atoms with Crippen LogP contribution in [0, 0.1) is 11.6 Å². The zero-order valence-corrected chi connectivity index (χ0v) is 9.78. The van der Waals surface area contributed by atoms with Gasteiger partial charge in [-0.2, -0.15) is 0 Å². The van der Waals surface area contributed by atoms with Crippen molar-refractivity contribution in [3.8, 4) is 5.75 Å². The molecule has 94 valence electrons. The van der Waals surface area contributed by atoms with E-state index in [1.807, 2.05) is 0 Å². The van der Waals surface area contributed by atoms with Crippen molar-refractivity contribution in [2.45, 2.75) is 6.54 Å². The minimum Gasteiger partial charge on any atom is -0.493 e. The maximum atomic E-state index is 13.4. The number of benzene rings is 1. The first-order valence-corrected chi connectivity index (χ1v) is 5.37. The fourth-order valence-corrected chi connectivity index (χ4v) is 1.55. The number of rotatable bonds is 4. The Morgan fingerprint density at radius 1 is 1.28 bits per heavy atom. The molecule has 18 heavy (non-hydrogen) atoms. The van der Waals surface area contributed by atoms with Gasteiger partial charge in [-0.1, -0.05) is 0 Å². The fourth-order valence-electron chi connectivity index (χ4n) is 1.55. The topological polar surface area (TPSA) is 34.1 Å². The molecule has 1 aromatic carbocycles. The monoisotopic (exact) mass is 250 g/mol. The zero-order chi connectivity index (χ0) is 13.0. The van der Waals surface area contributed by atoms with Crippen LogP contribution in [-0.2, 0) is 6.54 Å². The van der Waals surface area contributed by atoms with Crippen LogP contribution in [0.1, 0.15) is 5.56 Å². The highest BCUT2D eigenvalue weighted by Crippen LogP contribution is 2.21. The number of methoxy groups -OCH3 is 1. The van der Waals surface area contributed by atoms with Crippen LogP contribution in [0.3, 0.4) is 0 Å². The van der Waals surface area contributed by atoms with Gasteiger partial charge in [0.2, 0.25) is 0 Å². The van der Waals surface area contributed by atoms with Gasteiger partial charge in [0.1, 0.15) is 11.6 Å². The van der Waals surface area contributed by atoms with Crippen LogP contribution in [0.15, 0.2) is 36.5 Å². The van der Waals surface area contributed by atoms with E-state index in [0.717, 1.165) is 18.2 Å². The summed E-state index contributed by atoms with van der Waals surface area (Å²) < 4.78 is 31.5. The second kappa shape index (κ2) is 5.44. The van der Waals surface area contributed by atoms with Gasteiger partial charge < -0.3 is 10.1 Å². The Balaban J connectivity index is 2.14. The molecule has 0 radical (unpaired) electrons. The summed E-state index contributed by atoms with van der Waals surface area (Å²) in [6, 6.07) is 6.80. The van der Waals surface area contributed by atoms with Gasteiger partial charge in [-0.3, -0.25) is 0 Å². The van der Waals surface area contributed by atoms with E-state index in [0.29, 0.717) is 11.6 Å². The summed E-state index contributed by atoms with van der Waals surface area (Å²) in [4.78, 5) is 4.06. The molecular weight excluding hydrogens is 238 g/mol. The Morgan fingerprint density at radius 3 is 2.89 bits per heavy atom. The fraction of sp³-hybridized carbons (Fsp3) is 0.154. The smallest absolute Gasteiger partial charge is 0.169 e. The van der Waals surface area contributed by atoms with Crippen molar-refractivity contribution in [2.24, 2.45) is 0 Å². The first kappa shape index (κ1) is 12.3. The highest BCUT2D eigenvalue weighted by atomic mass is 19.1. The second-order valence-corrected chi connectivity index (χ2v) is 3.64. The molecular formula is C13H12F2N2O. The molecule has 0 bridgehead atoms. The van der Waals surface area contributed by atoms with Crippen molar-refractivity contribution in [3.63, 3.8) is 0 Å². The van der Waals surface area contributed by atoms with E-state index in [-0.39, 0.29) is 12.1 Å². The van der Waals surface area contributed by atoms with Crippen LogP contribution >= 0.6 is 0 Å². The Kier molecular flexibility index (Phi) is 3.72. The van der Waals surface area contributed by atoms with Crippen LogP contribution in [0.2, 0.25) is 0 Å². The van der Waals surface area contributed by atoms with Gasteiger partial charge in [-0.15, -0.1) is 0 Å². The predicted molar refractivity (Wildman–Crippen MR) is 64.5 cm³/mol. The highest BCUT2D eigenvalue weighted by Gasteiger charge is 2.06. The molecule has 1 aromatic heterocycles. The number of anilines is 1. The molecule has 3 nitrogen and oxygen atoms in total. The van der Waals surface area contributed by atoms with Crippen molar-refractivity contribution in [3.05, 3.63) is 53.7 Å². The van der Waals surface area contributed by atoms with E-state index in [1.54, 1.807) is 18.3 Å². The molecule has 0 saturated heterocycles. The van der Waals surface area contributed by atoms with Gasteiger partial charge in [-0.25, -0.2) is 13.8 Å². The number of hydrogen-bond donors (Lipinski definition) is 1. The van der Waals surface area contributed by atoms with E-state index >= 15 is 0 Å². The molecule has 2 aromatic rings. The maximum Gasteiger partial charge on any atom is 0.169 e. The predicted octanol–water partition coefficient (Wildman–Crippen LogP) is 2.98. The number of pyridine rings is 1. The van der Waals surface area contributed by atoms with Crippen LogP contribution in [0.5, 0.6) is 5.75 Å². The second-order valence-electron chi connectivity index (χ2n) is 3.64. The van der Waals surface area contributed by atoms with Crippen molar-refractivity contribution in [2.75, 3.05) is 12.4 Å². The van der Waals surface area contributed by atoms with Gasteiger partial charge in [0.25, 0.3) is 0 Å². The van der Waals surface area contributed by atoms with E-state index in [9.17, 15) is 8.78 Å². The van der Waals surface area contributed by atoms with Gasteiger partial charge >= 0.3 is 0 Å². The van der Waals surface area contributed by atoms with E-state index in [1.165, 1.54) is 7.11 Å². The molecule has 0 amide bonds. The van der Waals surface area contributed by atoms with E-state index in [4.69, 9.17) is 4.74 Å². The average molecular weight is 250 g/mol. The lowest BCUT2D eigenvalue weighted by molar-refractivity contribution is 0.414. The normalized spacial score (nSPS) is 10.2. The van der Waals surface area contributed by atoms with Crippen LogP contribution < -0.4 is 10.1 Å². The van der Waals surface area contributed by atoms with Crippen molar-refractivity contribution >= 4 is 5.82 Å². The molecule has 1 heterocycles. The Labute approximate surface area is 103 Å². The highest BCUT2D eigenvalue weighted by molar-refractivity contribution is 5.49. The lowest BCUT2D eigenvalue weighted by Gasteiger charge is -2.10. The average Bonchev–Trinajstić information content (AvgIpc) is 2.40. The first-order chi connectivity index (χ1) is 8.70. The Morgan fingerprint density at radius 2 is 2.11 bits per heavy atom. The summed E-state index contributed by atoms with van der Waals surface area (Å²) in [7, 11) is 1.52. The van der Waals surface area contributed by atoms with E-state index in [2.05, 4.69) is 10.3 Å². The number of nitrogens with one attached hydrogen (secondary N) is 1. The number of halogens is 2. The molecule has 0 aliphatic carbocycles. The Hall–Kier alpha value is -2.17. The van der Waals surface area contributed by atoms with Crippen molar-refractivity contribution in [1.82, 2.24) is 4.98 Å². The summed E-state index contributed by atoms with van der Waals surface area (Å²) >= 11 is 0. The zero-order valence-electron chi connectivity index (χ0n) is 9.78. The largest absolute Gasteiger partial charge is 0.493 e. The molecule has 0 aliphatic heterocycles. The molecule has 0 aliphatic rings. The SMILES string of the molecule is COc1cccnc1NCc1cc(F)ccc1F. The molecule has 1 N–H and O–H groups in total. The standard InChI is InChI=1S/C13H12F2N2O/c1-18-12-3-2-6-16-13(12)17-8-9-7-10(14)4-5-11(9)15/h2-7H,8H2,1H3,(H,16,17). The van der Waals surface area contributed by atoms with Gasteiger partial charge in [0.05, 0.1) is 7.11 Å². The molecule has 0 unspecified atom stereocenters. The molecule has 0 fully saturated rings. The molecule has 0 atom stereocenters. The van der Waals surface area contributed by atoms with Crippen molar-refractivity contribution in [1.29, 1.82) is 0 Å². The minimum atomic E-state index is -0.471. The van der Waals surface area contributed by atoms with Gasteiger partial charge in [-0.05, 0) is 30.3 Å². The lowest BCUT2D eigenvalue weighted by atomic mass is 10.2. The van der Waals surface area contributed by atoms with Crippen LogP contribution in [0.25, 0.3) is 0 Å². The summed E-state index contributed by atoms with van der Waals surface area (Å²) in [5, 5.41) is 2.91. The van der Waals surface area contributed by atoms with Crippen molar-refractivity contribution < 1.29 is 13.5 Å². The number of aromatic nitrogens is 1. The first-order valence-electron chi connectivity index (χ1n) is 5.37. The summed E-state index contributed by atoms with van der Waals surface area (Å²) in [5.74, 6) is 0.109. The quantitative estimate of drug-likeness (QED) is 0.905. The number of ether oxygens (including phenoxy) is 1. The third kappa shape index (κ3) is 2.74.